The average Bonchev–Trinajstić information content (AvgIpc) is 2.47. The number of pyridine rings is 1. The van der Waals surface area contributed by atoms with Gasteiger partial charge in [0.05, 0.1) is 11.6 Å². The third kappa shape index (κ3) is 3.48. The highest BCUT2D eigenvalue weighted by Crippen LogP contribution is 2.19. The van der Waals surface area contributed by atoms with Crippen LogP contribution in [-0.4, -0.2) is 10.9 Å². The molecule has 0 aliphatic heterocycles. The second kappa shape index (κ2) is 6.51. The number of anilines is 1. The number of hydrogen-bond acceptors (Lipinski definition) is 4. The van der Waals surface area contributed by atoms with Crippen LogP contribution in [-0.2, 0) is 0 Å². The van der Waals surface area contributed by atoms with Crippen molar-refractivity contribution in [3.8, 4) is 0 Å². The Morgan fingerprint density at radius 1 is 1.43 bits per heavy atom. The Morgan fingerprint density at radius 2 is 2.19 bits per heavy atom. The molecule has 4 N–H and O–H groups in total. The van der Waals surface area contributed by atoms with Gasteiger partial charge in [0.1, 0.15) is 0 Å². The number of carbonyl (C=O) groups excluding carboxylic acids is 1. The molecular formula is C14H14ClFN4O. The number of rotatable bonds is 4. The van der Waals surface area contributed by atoms with Crippen LogP contribution in [0.25, 0.3) is 0 Å². The zero-order valence-electron chi connectivity index (χ0n) is 11.2. The van der Waals surface area contributed by atoms with Crippen LogP contribution >= 0.6 is 11.6 Å². The Bertz CT molecular complexity index is 665. The quantitative estimate of drug-likeness (QED) is 0.599. The summed E-state index contributed by atoms with van der Waals surface area (Å²) >= 11 is 5.90. The van der Waals surface area contributed by atoms with Crippen molar-refractivity contribution in [2.24, 2.45) is 5.84 Å². The minimum Gasteiger partial charge on any atom is -0.345 e. The highest BCUT2D eigenvalue weighted by molar-refractivity contribution is 6.30. The molecule has 0 radical (unpaired) electrons. The summed E-state index contributed by atoms with van der Waals surface area (Å²) < 4.78 is 14.0. The lowest BCUT2D eigenvalue weighted by Gasteiger charge is -2.15. The third-order valence-corrected chi connectivity index (χ3v) is 3.20. The van der Waals surface area contributed by atoms with Gasteiger partial charge >= 0.3 is 0 Å². The fourth-order valence-corrected chi connectivity index (χ4v) is 2.05. The first-order valence-electron chi connectivity index (χ1n) is 6.20. The van der Waals surface area contributed by atoms with Crippen LogP contribution in [0.2, 0.25) is 5.02 Å². The van der Waals surface area contributed by atoms with E-state index in [0.717, 1.165) is 5.56 Å². The summed E-state index contributed by atoms with van der Waals surface area (Å²) in [6.45, 7) is 1.78. The molecule has 110 valence electrons. The van der Waals surface area contributed by atoms with Crippen LogP contribution in [0.1, 0.15) is 28.9 Å². The average molecular weight is 309 g/mol. The molecule has 5 nitrogen and oxygen atoms in total. The van der Waals surface area contributed by atoms with Gasteiger partial charge in [-0.15, -0.1) is 0 Å². The van der Waals surface area contributed by atoms with Crippen LogP contribution in [0.4, 0.5) is 10.2 Å². The standard InChI is InChI=1S/C14H14ClFN4O/c1-8(9-3-2-4-10(15)7-9)19-14(21)11-5-6-18-13(20-17)12(11)16/h2-8H,17H2,1H3,(H,18,20)(H,19,21). The summed E-state index contributed by atoms with van der Waals surface area (Å²) in [5.74, 6) is 3.60. The predicted octanol–water partition coefficient (Wildman–Crippen LogP) is 2.65. The number of nitrogens with one attached hydrogen (secondary N) is 2. The molecule has 1 amide bonds. The van der Waals surface area contributed by atoms with Crippen LogP contribution in [0.5, 0.6) is 0 Å². The van der Waals surface area contributed by atoms with Gasteiger partial charge in [-0.1, -0.05) is 23.7 Å². The van der Waals surface area contributed by atoms with E-state index in [-0.39, 0.29) is 17.4 Å². The van der Waals surface area contributed by atoms with E-state index in [4.69, 9.17) is 17.4 Å². The third-order valence-electron chi connectivity index (χ3n) is 2.97. The Balaban J connectivity index is 2.18. The van der Waals surface area contributed by atoms with Gasteiger partial charge in [-0.3, -0.25) is 4.79 Å². The van der Waals surface area contributed by atoms with Crippen LogP contribution in [0.15, 0.2) is 36.5 Å². The lowest BCUT2D eigenvalue weighted by atomic mass is 10.1. The molecule has 1 aromatic heterocycles. The number of halogens is 2. The van der Waals surface area contributed by atoms with Crippen molar-refractivity contribution >= 4 is 23.3 Å². The minimum atomic E-state index is -0.796. The topological polar surface area (TPSA) is 80.0 Å². The number of nitrogen functional groups attached to an aromatic ring is 1. The minimum absolute atomic E-state index is 0.133. The molecule has 21 heavy (non-hydrogen) atoms. The van der Waals surface area contributed by atoms with Gasteiger partial charge in [-0.05, 0) is 30.7 Å². The second-order valence-electron chi connectivity index (χ2n) is 4.42. The molecule has 0 aliphatic carbocycles. The number of nitrogens with zero attached hydrogens (tertiary/aromatic N) is 1. The van der Waals surface area contributed by atoms with Crippen molar-refractivity contribution in [2.45, 2.75) is 13.0 Å². The normalized spacial score (nSPS) is 11.8. The first-order chi connectivity index (χ1) is 10.0. The maximum Gasteiger partial charge on any atom is 0.254 e. The second-order valence-corrected chi connectivity index (χ2v) is 4.85. The van der Waals surface area contributed by atoms with Crippen LogP contribution in [0.3, 0.4) is 0 Å². The smallest absolute Gasteiger partial charge is 0.254 e. The van der Waals surface area contributed by atoms with Gasteiger partial charge < -0.3 is 10.7 Å². The monoisotopic (exact) mass is 308 g/mol. The Morgan fingerprint density at radius 3 is 2.86 bits per heavy atom. The summed E-state index contributed by atoms with van der Waals surface area (Å²) in [4.78, 5) is 15.8. The van der Waals surface area contributed by atoms with Gasteiger partial charge in [0, 0.05) is 11.2 Å². The van der Waals surface area contributed by atoms with E-state index >= 15 is 0 Å². The molecule has 0 saturated heterocycles. The molecule has 1 aromatic carbocycles. The van der Waals surface area contributed by atoms with E-state index in [9.17, 15) is 9.18 Å². The molecule has 0 bridgehead atoms. The van der Waals surface area contributed by atoms with E-state index in [1.54, 1.807) is 25.1 Å². The van der Waals surface area contributed by atoms with E-state index in [0.29, 0.717) is 5.02 Å². The predicted molar refractivity (Wildman–Crippen MR) is 79.3 cm³/mol. The van der Waals surface area contributed by atoms with Gasteiger partial charge in [-0.2, -0.15) is 0 Å². The Hall–Kier alpha value is -2.18. The van der Waals surface area contributed by atoms with Crippen molar-refractivity contribution in [1.29, 1.82) is 0 Å². The van der Waals surface area contributed by atoms with Gasteiger partial charge in [-0.25, -0.2) is 15.2 Å². The molecule has 1 heterocycles. The Kier molecular flexibility index (Phi) is 4.72. The van der Waals surface area contributed by atoms with Crippen molar-refractivity contribution in [3.63, 3.8) is 0 Å². The highest BCUT2D eigenvalue weighted by Gasteiger charge is 2.18. The highest BCUT2D eigenvalue weighted by atomic mass is 35.5. The molecule has 0 aliphatic rings. The number of amides is 1. The van der Waals surface area contributed by atoms with Crippen molar-refractivity contribution in [2.75, 3.05) is 5.43 Å². The van der Waals surface area contributed by atoms with Gasteiger partial charge in [0.25, 0.3) is 5.91 Å². The number of hydrazine groups is 1. The van der Waals surface area contributed by atoms with E-state index in [1.807, 2.05) is 6.07 Å². The number of carbonyl (C=O) groups is 1. The lowest BCUT2D eigenvalue weighted by Crippen LogP contribution is -2.28. The van der Waals surface area contributed by atoms with Crippen molar-refractivity contribution in [1.82, 2.24) is 10.3 Å². The van der Waals surface area contributed by atoms with Crippen LogP contribution < -0.4 is 16.6 Å². The molecule has 7 heteroatoms. The molecule has 1 atom stereocenters. The molecule has 2 rings (SSSR count). The first kappa shape index (κ1) is 15.2. The van der Waals surface area contributed by atoms with Crippen molar-refractivity contribution < 1.29 is 9.18 Å². The molecule has 0 saturated carbocycles. The summed E-state index contributed by atoms with van der Waals surface area (Å²) in [7, 11) is 0. The van der Waals surface area contributed by atoms with Gasteiger partial charge in [0.2, 0.25) is 0 Å². The zero-order valence-corrected chi connectivity index (χ0v) is 12.0. The molecule has 0 spiro atoms. The largest absolute Gasteiger partial charge is 0.345 e. The molecule has 0 fully saturated rings. The van der Waals surface area contributed by atoms with Crippen LogP contribution in [0, 0.1) is 5.82 Å². The SMILES string of the molecule is CC(NC(=O)c1ccnc(NN)c1F)c1cccc(Cl)c1. The molecule has 1 unspecified atom stereocenters. The number of benzene rings is 1. The van der Waals surface area contributed by atoms with E-state index in [1.165, 1.54) is 12.3 Å². The number of hydrogen-bond donors (Lipinski definition) is 3. The summed E-state index contributed by atoms with van der Waals surface area (Å²) in [6.07, 6.45) is 1.30. The summed E-state index contributed by atoms with van der Waals surface area (Å²) in [6, 6.07) is 8.05. The maximum atomic E-state index is 14.0. The first-order valence-corrected chi connectivity index (χ1v) is 6.58. The molecule has 2 aromatic rings. The fourth-order valence-electron chi connectivity index (χ4n) is 1.85. The maximum absolute atomic E-state index is 14.0. The lowest BCUT2D eigenvalue weighted by molar-refractivity contribution is 0.0935. The zero-order chi connectivity index (χ0) is 15.4. The Labute approximate surface area is 126 Å². The number of nitrogens with two attached hydrogens (primary N) is 1. The summed E-state index contributed by atoms with van der Waals surface area (Å²) in [5, 5.41) is 3.27. The van der Waals surface area contributed by atoms with Crippen molar-refractivity contribution in [3.05, 3.63) is 58.5 Å². The summed E-state index contributed by atoms with van der Waals surface area (Å²) in [5.41, 5.74) is 2.79. The van der Waals surface area contributed by atoms with Gasteiger partial charge in [0.15, 0.2) is 11.6 Å². The molecular weight excluding hydrogens is 295 g/mol. The van der Waals surface area contributed by atoms with E-state index < -0.39 is 11.7 Å². The van der Waals surface area contributed by atoms with E-state index in [2.05, 4.69) is 15.7 Å². The number of aromatic nitrogens is 1. The fraction of sp³-hybridized carbons (Fsp3) is 0.143.